The third-order valence-corrected chi connectivity index (χ3v) is 4.70. The molecule has 2 aliphatic heterocycles. The van der Waals surface area contributed by atoms with E-state index in [0.29, 0.717) is 24.5 Å². The van der Waals surface area contributed by atoms with Gasteiger partial charge in [-0.25, -0.2) is 0 Å². The Morgan fingerprint density at radius 1 is 1.00 bits per heavy atom. The van der Waals surface area contributed by atoms with Gasteiger partial charge in [-0.1, -0.05) is 0 Å². The van der Waals surface area contributed by atoms with Crippen LogP contribution < -0.4 is 20.1 Å². The van der Waals surface area contributed by atoms with Gasteiger partial charge in [0.05, 0.1) is 11.3 Å². The van der Waals surface area contributed by atoms with Crippen molar-refractivity contribution >= 4 is 23.2 Å². The molecule has 2 aromatic rings. The van der Waals surface area contributed by atoms with E-state index in [9.17, 15) is 22.8 Å². The van der Waals surface area contributed by atoms with E-state index < -0.39 is 35.3 Å². The summed E-state index contributed by atoms with van der Waals surface area (Å²) >= 11 is 0. The zero-order valence-corrected chi connectivity index (χ0v) is 15.5. The molecule has 0 aliphatic carbocycles. The van der Waals surface area contributed by atoms with Crippen LogP contribution >= 0.6 is 0 Å². The fourth-order valence-electron chi connectivity index (χ4n) is 3.20. The van der Waals surface area contributed by atoms with Crippen LogP contribution in [0.4, 0.5) is 24.5 Å². The maximum absolute atomic E-state index is 13.6. The van der Waals surface area contributed by atoms with E-state index in [1.165, 1.54) is 24.3 Å². The number of halogens is 3. The Morgan fingerprint density at radius 2 is 1.80 bits per heavy atom. The monoisotopic (exact) mass is 422 g/mol. The summed E-state index contributed by atoms with van der Waals surface area (Å²) < 4.78 is 56.3. The molecule has 2 heterocycles. The topological polar surface area (TPSA) is 85.9 Å². The van der Waals surface area contributed by atoms with Crippen molar-refractivity contribution < 1.29 is 37.0 Å². The average Bonchev–Trinajstić information content (AvgIpc) is 3.39. The summed E-state index contributed by atoms with van der Waals surface area (Å²) in [5, 5.41) is 4.70. The number of hydrogen-bond donors (Lipinski definition) is 2. The first-order valence-corrected chi connectivity index (χ1v) is 9.16. The molecule has 0 bridgehead atoms. The zero-order valence-electron chi connectivity index (χ0n) is 15.5. The van der Waals surface area contributed by atoms with Crippen molar-refractivity contribution in [1.82, 2.24) is 0 Å². The highest BCUT2D eigenvalue weighted by atomic mass is 19.4. The van der Waals surface area contributed by atoms with E-state index >= 15 is 0 Å². The van der Waals surface area contributed by atoms with Gasteiger partial charge in [-0.15, -0.1) is 0 Å². The second kappa shape index (κ2) is 7.86. The number of alkyl halides is 3. The number of carbonyl (C=O) groups is 2. The molecule has 4 rings (SSSR count). The third-order valence-electron chi connectivity index (χ3n) is 4.70. The Balaban J connectivity index is 1.54. The number of amides is 2. The number of fused-ring (bicyclic) bond motifs is 1. The van der Waals surface area contributed by atoms with Gasteiger partial charge in [0.1, 0.15) is 6.10 Å². The highest BCUT2D eigenvalue weighted by molar-refractivity contribution is 6.05. The number of nitrogens with one attached hydrogen (secondary N) is 2. The molecule has 2 aromatic carbocycles. The molecule has 158 valence electrons. The van der Waals surface area contributed by atoms with Gasteiger partial charge in [0, 0.05) is 17.9 Å². The molecule has 0 spiro atoms. The molecule has 30 heavy (non-hydrogen) atoms. The van der Waals surface area contributed by atoms with Crippen LogP contribution in [-0.4, -0.2) is 31.3 Å². The summed E-state index contributed by atoms with van der Waals surface area (Å²) in [7, 11) is 0. The normalized spacial score (nSPS) is 17.6. The van der Waals surface area contributed by atoms with E-state index in [2.05, 4.69) is 10.6 Å². The van der Waals surface area contributed by atoms with Crippen LogP contribution in [0.1, 0.15) is 28.8 Å². The van der Waals surface area contributed by atoms with E-state index in [1.54, 1.807) is 0 Å². The van der Waals surface area contributed by atoms with Crippen LogP contribution in [-0.2, 0) is 15.7 Å². The minimum atomic E-state index is -4.75. The molecule has 1 saturated heterocycles. The second-order valence-corrected chi connectivity index (χ2v) is 6.77. The molecule has 1 unspecified atom stereocenters. The summed E-state index contributed by atoms with van der Waals surface area (Å²) in [5.74, 6) is -0.451. The van der Waals surface area contributed by atoms with Crippen LogP contribution in [0.15, 0.2) is 36.4 Å². The molecule has 0 saturated carbocycles. The van der Waals surface area contributed by atoms with Gasteiger partial charge in [0.2, 0.25) is 6.79 Å². The first-order valence-electron chi connectivity index (χ1n) is 9.16. The Hall–Kier alpha value is -3.27. The maximum atomic E-state index is 13.6. The van der Waals surface area contributed by atoms with Crippen molar-refractivity contribution in [3.05, 3.63) is 47.5 Å². The van der Waals surface area contributed by atoms with E-state index in [-0.39, 0.29) is 18.0 Å². The van der Waals surface area contributed by atoms with Gasteiger partial charge < -0.3 is 24.8 Å². The van der Waals surface area contributed by atoms with E-state index in [1.807, 2.05) is 0 Å². The number of ether oxygens (including phenoxy) is 3. The maximum Gasteiger partial charge on any atom is 0.418 e. The Kier molecular flexibility index (Phi) is 5.25. The predicted molar refractivity (Wildman–Crippen MR) is 99.6 cm³/mol. The quantitative estimate of drug-likeness (QED) is 0.783. The lowest BCUT2D eigenvalue weighted by Gasteiger charge is -2.17. The van der Waals surface area contributed by atoms with Crippen molar-refractivity contribution in [3.8, 4) is 11.5 Å². The highest BCUT2D eigenvalue weighted by Gasteiger charge is 2.35. The van der Waals surface area contributed by atoms with Gasteiger partial charge >= 0.3 is 6.18 Å². The molecule has 1 fully saturated rings. The number of benzene rings is 2. The fourth-order valence-corrected chi connectivity index (χ4v) is 3.20. The molecular formula is C20H17F3N2O5. The van der Waals surface area contributed by atoms with Crippen molar-refractivity contribution in [2.45, 2.75) is 25.1 Å². The first kappa shape index (κ1) is 20.0. The fraction of sp³-hybridized carbons (Fsp3) is 0.300. The lowest BCUT2D eigenvalue weighted by molar-refractivity contribution is -0.137. The molecule has 10 heteroatoms. The molecule has 0 aromatic heterocycles. The van der Waals surface area contributed by atoms with Crippen molar-refractivity contribution in [2.24, 2.45) is 0 Å². The Bertz CT molecular complexity index is 987. The summed E-state index contributed by atoms with van der Waals surface area (Å²) in [6.45, 7) is 0.453. The minimum absolute atomic E-state index is 0.0116. The summed E-state index contributed by atoms with van der Waals surface area (Å²) in [6, 6.07) is 7.48. The molecule has 2 amide bonds. The highest BCUT2D eigenvalue weighted by Crippen LogP contribution is 2.37. The summed E-state index contributed by atoms with van der Waals surface area (Å²) in [6.07, 6.45) is -4.19. The smallest absolute Gasteiger partial charge is 0.418 e. The number of anilines is 2. The molecule has 0 radical (unpaired) electrons. The minimum Gasteiger partial charge on any atom is -0.454 e. The second-order valence-electron chi connectivity index (χ2n) is 6.77. The van der Waals surface area contributed by atoms with Gasteiger partial charge in [-0.3, -0.25) is 9.59 Å². The van der Waals surface area contributed by atoms with E-state index in [0.717, 1.165) is 18.6 Å². The predicted octanol–water partition coefficient (Wildman–Crippen LogP) is 3.80. The Morgan fingerprint density at radius 3 is 2.53 bits per heavy atom. The van der Waals surface area contributed by atoms with E-state index in [4.69, 9.17) is 14.2 Å². The number of rotatable bonds is 4. The van der Waals surface area contributed by atoms with Crippen LogP contribution in [0.5, 0.6) is 11.5 Å². The van der Waals surface area contributed by atoms with Crippen molar-refractivity contribution in [3.63, 3.8) is 0 Å². The van der Waals surface area contributed by atoms with Crippen LogP contribution in [0.2, 0.25) is 0 Å². The first-order chi connectivity index (χ1) is 14.3. The van der Waals surface area contributed by atoms with Crippen LogP contribution in [0.25, 0.3) is 0 Å². The SMILES string of the molecule is O=C(Nc1ccc(NC(=O)C2CCCO2)cc1C(F)(F)F)c1ccc2c(c1)OCO2. The summed E-state index contributed by atoms with van der Waals surface area (Å²) in [4.78, 5) is 24.6. The molecule has 7 nitrogen and oxygen atoms in total. The number of hydrogen-bond acceptors (Lipinski definition) is 5. The van der Waals surface area contributed by atoms with Crippen LogP contribution in [0, 0.1) is 0 Å². The molecular weight excluding hydrogens is 405 g/mol. The van der Waals surface area contributed by atoms with Gasteiger partial charge in [-0.05, 0) is 49.2 Å². The zero-order chi connectivity index (χ0) is 21.3. The Labute approximate surface area is 169 Å². The van der Waals surface area contributed by atoms with Gasteiger partial charge in [-0.2, -0.15) is 13.2 Å². The average molecular weight is 422 g/mol. The van der Waals surface area contributed by atoms with Crippen LogP contribution in [0.3, 0.4) is 0 Å². The lowest BCUT2D eigenvalue weighted by Crippen LogP contribution is -2.27. The van der Waals surface area contributed by atoms with Crippen molar-refractivity contribution in [1.29, 1.82) is 0 Å². The molecule has 2 aliphatic rings. The largest absolute Gasteiger partial charge is 0.454 e. The summed E-state index contributed by atoms with van der Waals surface area (Å²) in [5.41, 5.74) is -1.44. The molecule has 2 N–H and O–H groups in total. The van der Waals surface area contributed by atoms with Crippen molar-refractivity contribution in [2.75, 3.05) is 24.0 Å². The standard InChI is InChI=1S/C20H17F3N2O5/c21-20(22,23)13-9-12(24-19(27)16-2-1-7-28-16)4-5-14(13)25-18(26)11-3-6-15-17(8-11)30-10-29-15/h3-6,8-9,16H,1-2,7,10H2,(H,24,27)(H,25,26). The lowest BCUT2D eigenvalue weighted by atomic mass is 10.1. The van der Waals surface area contributed by atoms with Gasteiger partial charge in [0.15, 0.2) is 11.5 Å². The third kappa shape index (κ3) is 4.18. The molecule has 1 atom stereocenters. The van der Waals surface area contributed by atoms with Gasteiger partial charge in [0.25, 0.3) is 11.8 Å². The number of carbonyl (C=O) groups excluding carboxylic acids is 2.